The molecule has 2 unspecified atom stereocenters. The lowest BCUT2D eigenvalue weighted by Gasteiger charge is -2.43. The van der Waals surface area contributed by atoms with E-state index in [-0.39, 0.29) is 23.3 Å². The number of rotatable bonds is 3. The molecule has 2 aliphatic rings. The van der Waals surface area contributed by atoms with Crippen molar-refractivity contribution in [2.24, 2.45) is 5.92 Å². The van der Waals surface area contributed by atoms with Crippen molar-refractivity contribution in [3.05, 3.63) is 100 Å². The van der Waals surface area contributed by atoms with Crippen molar-refractivity contribution in [2.75, 3.05) is 20.2 Å². The van der Waals surface area contributed by atoms with Crippen molar-refractivity contribution in [1.29, 1.82) is 0 Å². The summed E-state index contributed by atoms with van der Waals surface area (Å²) in [4.78, 5) is 28.2. The van der Waals surface area contributed by atoms with E-state index < -0.39 is 0 Å². The minimum Gasteiger partial charge on any atom is -0.497 e. The number of hydrogen-bond donors (Lipinski definition) is 0. The van der Waals surface area contributed by atoms with Crippen LogP contribution in [0.4, 0.5) is 0 Å². The Balaban J connectivity index is 1.38. The summed E-state index contributed by atoms with van der Waals surface area (Å²) in [5.74, 6) is 1.18. The summed E-state index contributed by atoms with van der Waals surface area (Å²) >= 11 is 0. The highest BCUT2D eigenvalue weighted by Crippen LogP contribution is 2.40. The maximum absolute atomic E-state index is 13.3. The predicted octanol–water partition coefficient (Wildman–Crippen LogP) is 4.94. The molecule has 170 valence electrons. The minimum atomic E-state index is 0.0383. The Morgan fingerprint density at radius 1 is 0.882 bits per heavy atom. The number of aromatic nitrogens is 1. The molecule has 6 rings (SSSR count). The largest absolute Gasteiger partial charge is 0.497 e. The lowest BCUT2D eigenvalue weighted by atomic mass is 9.80. The van der Waals surface area contributed by atoms with Gasteiger partial charge in [-0.05, 0) is 65.1 Å². The SMILES string of the molecule is COc1ccc(C(=O)N2CC3CC(C2)c2c(-c4ccc5ccccc5c4)ccc(=O)n2C3)cc1. The molecule has 0 radical (unpaired) electrons. The topological polar surface area (TPSA) is 51.5 Å². The van der Waals surface area contributed by atoms with E-state index in [1.54, 1.807) is 13.2 Å². The molecule has 4 aromatic rings. The van der Waals surface area contributed by atoms with E-state index >= 15 is 0 Å². The molecular weight excluding hydrogens is 424 g/mol. The number of methoxy groups -OCH3 is 1. The van der Waals surface area contributed by atoms with Gasteiger partial charge in [0.05, 0.1) is 7.11 Å². The highest BCUT2D eigenvalue weighted by atomic mass is 16.5. The third kappa shape index (κ3) is 3.48. The van der Waals surface area contributed by atoms with Gasteiger partial charge in [-0.25, -0.2) is 0 Å². The summed E-state index contributed by atoms with van der Waals surface area (Å²) < 4.78 is 7.19. The number of carbonyl (C=O) groups is 1. The molecule has 1 amide bonds. The molecule has 0 spiro atoms. The first-order chi connectivity index (χ1) is 16.6. The molecule has 34 heavy (non-hydrogen) atoms. The maximum Gasteiger partial charge on any atom is 0.253 e. The molecule has 2 bridgehead atoms. The summed E-state index contributed by atoms with van der Waals surface area (Å²) in [6.07, 6.45) is 0.996. The Labute approximate surface area is 198 Å². The third-order valence-electron chi connectivity index (χ3n) is 7.27. The van der Waals surface area contributed by atoms with Crippen LogP contribution >= 0.6 is 0 Å². The van der Waals surface area contributed by atoms with Gasteiger partial charge in [-0.3, -0.25) is 9.59 Å². The smallest absolute Gasteiger partial charge is 0.253 e. The average Bonchev–Trinajstić information content (AvgIpc) is 2.88. The number of fused-ring (bicyclic) bond motifs is 5. The van der Waals surface area contributed by atoms with Gasteiger partial charge in [-0.15, -0.1) is 0 Å². The van der Waals surface area contributed by atoms with Crippen molar-refractivity contribution < 1.29 is 9.53 Å². The van der Waals surface area contributed by atoms with Crippen LogP contribution in [-0.2, 0) is 6.54 Å². The van der Waals surface area contributed by atoms with Gasteiger partial charge in [-0.1, -0.05) is 36.4 Å². The molecule has 5 nitrogen and oxygen atoms in total. The molecule has 1 aromatic heterocycles. The first kappa shape index (κ1) is 20.7. The van der Waals surface area contributed by atoms with Gasteiger partial charge in [0.25, 0.3) is 11.5 Å². The summed E-state index contributed by atoms with van der Waals surface area (Å²) in [5, 5.41) is 2.38. The van der Waals surface area contributed by atoms with Crippen LogP contribution in [0.3, 0.4) is 0 Å². The Kier molecular flexibility index (Phi) is 4.98. The fourth-order valence-corrected chi connectivity index (χ4v) is 5.70. The fraction of sp³-hybridized carbons (Fsp3) is 0.241. The number of benzene rings is 3. The number of piperidine rings is 1. The van der Waals surface area contributed by atoms with Gasteiger partial charge in [0.15, 0.2) is 0 Å². The van der Waals surface area contributed by atoms with Gasteiger partial charge in [0, 0.05) is 48.4 Å². The normalized spacial score (nSPS) is 19.0. The van der Waals surface area contributed by atoms with Crippen LogP contribution in [0.5, 0.6) is 5.75 Å². The number of amides is 1. The van der Waals surface area contributed by atoms with E-state index in [2.05, 4.69) is 30.3 Å². The first-order valence-corrected chi connectivity index (χ1v) is 11.8. The fourth-order valence-electron chi connectivity index (χ4n) is 5.70. The standard InChI is InChI=1S/C29H26N2O3/c1-34-25-10-8-21(9-11-25)29(33)30-16-19-14-24(18-30)28-26(12-13-27(32)31(28)17-19)23-7-6-20-4-2-3-5-22(20)15-23/h2-13,15,19,24H,14,16-18H2,1H3. The third-order valence-corrected chi connectivity index (χ3v) is 7.27. The molecule has 0 N–H and O–H groups in total. The van der Waals surface area contributed by atoms with E-state index in [0.717, 1.165) is 29.0 Å². The minimum absolute atomic E-state index is 0.0383. The number of carbonyl (C=O) groups excluding carboxylic acids is 1. The molecule has 2 atom stereocenters. The van der Waals surface area contributed by atoms with Crippen LogP contribution in [0.15, 0.2) is 83.7 Å². The first-order valence-electron chi connectivity index (χ1n) is 11.8. The van der Waals surface area contributed by atoms with Crippen LogP contribution in [0, 0.1) is 5.92 Å². The van der Waals surface area contributed by atoms with Gasteiger partial charge in [-0.2, -0.15) is 0 Å². The van der Waals surface area contributed by atoms with Crippen molar-refractivity contribution >= 4 is 16.7 Å². The molecule has 2 aliphatic heterocycles. The second kappa shape index (κ2) is 8.17. The van der Waals surface area contributed by atoms with E-state index in [0.29, 0.717) is 25.2 Å². The monoisotopic (exact) mass is 450 g/mol. The lowest BCUT2D eigenvalue weighted by molar-refractivity contribution is 0.0595. The van der Waals surface area contributed by atoms with E-state index in [4.69, 9.17) is 4.74 Å². The van der Waals surface area contributed by atoms with Crippen molar-refractivity contribution in [3.63, 3.8) is 0 Å². The summed E-state index contributed by atoms with van der Waals surface area (Å²) in [7, 11) is 1.62. The van der Waals surface area contributed by atoms with Gasteiger partial charge >= 0.3 is 0 Å². The van der Waals surface area contributed by atoms with Crippen LogP contribution < -0.4 is 10.3 Å². The van der Waals surface area contributed by atoms with Crippen LogP contribution in [0.1, 0.15) is 28.4 Å². The van der Waals surface area contributed by atoms with Gasteiger partial charge < -0.3 is 14.2 Å². The quantitative estimate of drug-likeness (QED) is 0.444. The van der Waals surface area contributed by atoms with E-state index in [1.807, 2.05) is 51.9 Å². The summed E-state index contributed by atoms with van der Waals surface area (Å²) in [6, 6.07) is 25.7. The second-order valence-electron chi connectivity index (χ2n) is 9.38. The predicted molar refractivity (Wildman–Crippen MR) is 133 cm³/mol. The van der Waals surface area contributed by atoms with Crippen LogP contribution in [0.2, 0.25) is 0 Å². The number of likely N-dealkylation sites (tertiary alicyclic amines) is 1. The Morgan fingerprint density at radius 3 is 2.47 bits per heavy atom. The van der Waals surface area contributed by atoms with Gasteiger partial charge in [0.2, 0.25) is 0 Å². The second-order valence-corrected chi connectivity index (χ2v) is 9.38. The molecule has 0 saturated carbocycles. The van der Waals surface area contributed by atoms with Crippen molar-refractivity contribution in [3.8, 4) is 16.9 Å². The average molecular weight is 451 g/mol. The van der Waals surface area contributed by atoms with Crippen molar-refractivity contribution in [2.45, 2.75) is 18.9 Å². The molecule has 1 saturated heterocycles. The molecule has 5 heteroatoms. The number of hydrogen-bond acceptors (Lipinski definition) is 3. The van der Waals surface area contributed by atoms with E-state index in [9.17, 15) is 9.59 Å². The summed E-state index contributed by atoms with van der Waals surface area (Å²) in [6.45, 7) is 1.94. The zero-order valence-electron chi connectivity index (χ0n) is 19.1. The number of nitrogens with zero attached hydrogens (tertiary/aromatic N) is 2. The molecule has 3 heterocycles. The Morgan fingerprint density at radius 2 is 1.68 bits per heavy atom. The zero-order chi connectivity index (χ0) is 23.2. The molecular formula is C29H26N2O3. The highest BCUT2D eigenvalue weighted by Gasteiger charge is 2.38. The van der Waals surface area contributed by atoms with E-state index in [1.165, 1.54) is 10.8 Å². The molecule has 0 aliphatic carbocycles. The molecule has 3 aromatic carbocycles. The maximum atomic E-state index is 13.3. The van der Waals surface area contributed by atoms with Gasteiger partial charge in [0.1, 0.15) is 5.75 Å². The van der Waals surface area contributed by atoms with Crippen molar-refractivity contribution in [1.82, 2.24) is 9.47 Å². The number of pyridine rings is 1. The highest BCUT2D eigenvalue weighted by molar-refractivity contribution is 5.94. The van der Waals surface area contributed by atoms with Crippen LogP contribution in [0.25, 0.3) is 21.9 Å². The Bertz CT molecular complexity index is 1450. The Hall–Kier alpha value is -3.86. The lowest BCUT2D eigenvalue weighted by Crippen LogP contribution is -2.49. The summed E-state index contributed by atoms with van der Waals surface area (Å²) in [5.41, 5.74) is 3.98. The zero-order valence-corrected chi connectivity index (χ0v) is 19.1. The van der Waals surface area contributed by atoms with Crippen LogP contribution in [-0.4, -0.2) is 35.6 Å². The molecule has 1 fully saturated rings. The number of ether oxygens (including phenoxy) is 1.